The maximum Gasteiger partial charge on any atom is 0.0722 e. The van der Waals surface area contributed by atoms with E-state index in [1.165, 1.54) is 11.0 Å². The van der Waals surface area contributed by atoms with Gasteiger partial charge in [0.15, 0.2) is 0 Å². The van der Waals surface area contributed by atoms with Crippen molar-refractivity contribution in [2.45, 2.75) is 13.8 Å². The topological polar surface area (TPSA) is 24.9 Å². The largest absolute Gasteiger partial charge is 0.381 e. The molecule has 1 N–H and O–H groups in total. The Morgan fingerprint density at radius 2 is 2.06 bits per heavy atom. The van der Waals surface area contributed by atoms with E-state index in [0.717, 1.165) is 17.7 Å². The van der Waals surface area contributed by atoms with Crippen LogP contribution < -0.4 is 5.32 Å². The Kier molecular flexibility index (Phi) is 3.20. The first-order valence-corrected chi connectivity index (χ1v) is 5.48. The van der Waals surface area contributed by atoms with Crippen molar-refractivity contribution in [1.82, 2.24) is 4.98 Å². The second-order valence-corrected chi connectivity index (χ2v) is 4.04. The average Bonchev–Trinajstić information content (AvgIpc) is 2.29. The van der Waals surface area contributed by atoms with Crippen molar-refractivity contribution in [3.05, 3.63) is 48.2 Å². The molecule has 2 nitrogen and oxygen atoms in total. The number of aromatic nitrogens is 1. The lowest BCUT2D eigenvalue weighted by molar-refractivity contribution is 1.26. The van der Waals surface area contributed by atoms with Crippen molar-refractivity contribution in [1.29, 1.82) is 0 Å². The molecule has 1 heterocycles. The summed E-state index contributed by atoms with van der Waals surface area (Å²) in [5.41, 5.74) is 3.50. The molecule has 2 rings (SSSR count). The summed E-state index contributed by atoms with van der Waals surface area (Å²) in [7, 11) is 0. The van der Waals surface area contributed by atoms with Gasteiger partial charge in [-0.05, 0) is 26.0 Å². The highest BCUT2D eigenvalue weighted by atomic mass is 14.9. The van der Waals surface area contributed by atoms with Gasteiger partial charge in [0.2, 0.25) is 0 Å². The van der Waals surface area contributed by atoms with E-state index in [9.17, 15) is 0 Å². The minimum Gasteiger partial charge on any atom is -0.381 e. The third kappa shape index (κ3) is 2.40. The Morgan fingerprint density at radius 1 is 1.25 bits per heavy atom. The molecule has 16 heavy (non-hydrogen) atoms. The Morgan fingerprint density at radius 3 is 2.88 bits per heavy atom. The van der Waals surface area contributed by atoms with Crippen LogP contribution in [0.1, 0.15) is 13.8 Å². The van der Waals surface area contributed by atoms with E-state index in [0.29, 0.717) is 0 Å². The van der Waals surface area contributed by atoms with Crippen LogP contribution in [0.3, 0.4) is 0 Å². The normalized spacial score (nSPS) is 10.1. The number of fused-ring (bicyclic) bond motifs is 1. The van der Waals surface area contributed by atoms with Crippen molar-refractivity contribution < 1.29 is 0 Å². The smallest absolute Gasteiger partial charge is 0.0722 e. The highest BCUT2D eigenvalue weighted by Crippen LogP contribution is 2.20. The molecule has 0 amide bonds. The molecule has 0 bridgehead atoms. The fourth-order valence-electron chi connectivity index (χ4n) is 1.62. The molecule has 1 aromatic carbocycles. The molecule has 1 aromatic heterocycles. The minimum absolute atomic E-state index is 0.857. The van der Waals surface area contributed by atoms with Crippen LogP contribution in [0.15, 0.2) is 48.2 Å². The molecular formula is C14H16N2. The fraction of sp³-hybridized carbons (Fsp3) is 0.214. The number of para-hydroxylation sites is 1. The van der Waals surface area contributed by atoms with Crippen LogP contribution in [0.5, 0.6) is 0 Å². The van der Waals surface area contributed by atoms with Gasteiger partial charge in [-0.1, -0.05) is 29.8 Å². The number of hydrogen-bond acceptors (Lipinski definition) is 2. The van der Waals surface area contributed by atoms with Crippen LogP contribution >= 0.6 is 0 Å². The van der Waals surface area contributed by atoms with Gasteiger partial charge in [-0.3, -0.25) is 4.98 Å². The van der Waals surface area contributed by atoms with Crippen LogP contribution in [-0.4, -0.2) is 11.5 Å². The van der Waals surface area contributed by atoms with Crippen molar-refractivity contribution in [2.75, 3.05) is 11.9 Å². The predicted octanol–water partition coefficient (Wildman–Crippen LogP) is 3.61. The zero-order valence-electron chi connectivity index (χ0n) is 9.70. The monoisotopic (exact) mass is 212 g/mol. The van der Waals surface area contributed by atoms with Crippen molar-refractivity contribution in [2.24, 2.45) is 0 Å². The molecule has 0 saturated carbocycles. The average molecular weight is 212 g/mol. The molecule has 0 spiro atoms. The summed E-state index contributed by atoms with van der Waals surface area (Å²) in [6, 6.07) is 10.2. The van der Waals surface area contributed by atoms with Crippen molar-refractivity contribution in [3.8, 4) is 0 Å². The Labute approximate surface area is 96.0 Å². The summed E-state index contributed by atoms with van der Waals surface area (Å²) in [5, 5.41) is 4.58. The van der Waals surface area contributed by atoms with Gasteiger partial charge in [-0.2, -0.15) is 0 Å². The number of hydrogen-bond donors (Lipinski definition) is 1. The van der Waals surface area contributed by atoms with E-state index < -0.39 is 0 Å². The molecule has 0 aliphatic carbocycles. The second-order valence-electron chi connectivity index (χ2n) is 4.04. The highest BCUT2D eigenvalue weighted by Gasteiger charge is 1.98. The first-order valence-electron chi connectivity index (χ1n) is 5.48. The summed E-state index contributed by atoms with van der Waals surface area (Å²) in [6.07, 6.45) is 4.02. The van der Waals surface area contributed by atoms with Crippen LogP contribution in [0, 0.1) is 0 Å². The van der Waals surface area contributed by atoms with Crippen LogP contribution in [0.2, 0.25) is 0 Å². The number of anilines is 1. The number of allylic oxidation sites excluding steroid dienone is 1. The Hall–Kier alpha value is -1.83. The maximum absolute atomic E-state index is 4.33. The number of rotatable bonds is 3. The molecule has 82 valence electrons. The zero-order chi connectivity index (χ0) is 11.4. The number of nitrogens with one attached hydrogen (secondary N) is 1. The van der Waals surface area contributed by atoms with Gasteiger partial charge in [-0.25, -0.2) is 0 Å². The summed E-state index contributed by atoms with van der Waals surface area (Å²) < 4.78 is 0. The van der Waals surface area contributed by atoms with Crippen molar-refractivity contribution >= 4 is 16.6 Å². The molecule has 2 aromatic rings. The first kappa shape index (κ1) is 10.7. The minimum atomic E-state index is 0.857. The molecule has 0 aliphatic heterocycles. The molecule has 0 fully saturated rings. The van der Waals surface area contributed by atoms with E-state index >= 15 is 0 Å². The summed E-state index contributed by atoms with van der Waals surface area (Å²) in [6.45, 7) is 5.06. The zero-order valence-corrected chi connectivity index (χ0v) is 9.70. The SMILES string of the molecule is CC(C)=CCNc1ccnc2ccccc12. The van der Waals surface area contributed by atoms with Crippen molar-refractivity contribution in [3.63, 3.8) is 0 Å². The van der Waals surface area contributed by atoms with Gasteiger partial charge in [0, 0.05) is 23.8 Å². The second kappa shape index (κ2) is 4.79. The quantitative estimate of drug-likeness (QED) is 0.786. The van der Waals surface area contributed by atoms with Crippen LogP contribution in [-0.2, 0) is 0 Å². The van der Waals surface area contributed by atoms with Gasteiger partial charge in [0.1, 0.15) is 0 Å². The predicted molar refractivity (Wildman–Crippen MR) is 69.7 cm³/mol. The molecule has 0 atom stereocenters. The lowest BCUT2D eigenvalue weighted by atomic mass is 10.2. The van der Waals surface area contributed by atoms with E-state index in [4.69, 9.17) is 0 Å². The maximum atomic E-state index is 4.33. The van der Waals surface area contributed by atoms with Gasteiger partial charge < -0.3 is 5.32 Å². The van der Waals surface area contributed by atoms with Gasteiger partial charge in [-0.15, -0.1) is 0 Å². The third-order valence-corrected chi connectivity index (χ3v) is 2.45. The Balaban J connectivity index is 2.27. The lowest BCUT2D eigenvalue weighted by Crippen LogP contribution is -1.99. The lowest BCUT2D eigenvalue weighted by Gasteiger charge is -2.07. The summed E-state index contributed by atoms with van der Waals surface area (Å²) in [4.78, 5) is 4.33. The molecule has 0 unspecified atom stereocenters. The third-order valence-electron chi connectivity index (χ3n) is 2.45. The fourth-order valence-corrected chi connectivity index (χ4v) is 1.62. The summed E-state index contributed by atoms with van der Waals surface area (Å²) in [5.74, 6) is 0. The van der Waals surface area contributed by atoms with E-state index in [2.05, 4.69) is 36.3 Å². The Bertz CT molecular complexity index is 506. The number of pyridine rings is 1. The van der Waals surface area contributed by atoms with Gasteiger partial charge >= 0.3 is 0 Å². The molecule has 0 saturated heterocycles. The molecular weight excluding hydrogens is 196 g/mol. The van der Waals surface area contributed by atoms with Gasteiger partial charge in [0.05, 0.1) is 5.52 Å². The first-order chi connectivity index (χ1) is 7.77. The standard InChI is InChI=1S/C14H16N2/c1-11(2)7-9-15-14-8-10-16-13-6-4-3-5-12(13)14/h3-8,10H,9H2,1-2H3,(H,15,16). The van der Waals surface area contributed by atoms with E-state index in [1.807, 2.05) is 30.5 Å². The molecule has 0 radical (unpaired) electrons. The number of nitrogens with zero attached hydrogens (tertiary/aromatic N) is 1. The number of benzene rings is 1. The summed E-state index contributed by atoms with van der Waals surface area (Å²) >= 11 is 0. The van der Waals surface area contributed by atoms with E-state index in [1.54, 1.807) is 0 Å². The van der Waals surface area contributed by atoms with E-state index in [-0.39, 0.29) is 0 Å². The van der Waals surface area contributed by atoms with Gasteiger partial charge in [0.25, 0.3) is 0 Å². The van der Waals surface area contributed by atoms with Crippen LogP contribution in [0.25, 0.3) is 10.9 Å². The molecule has 0 aliphatic rings. The highest BCUT2D eigenvalue weighted by molar-refractivity contribution is 5.90. The van der Waals surface area contributed by atoms with Crippen LogP contribution in [0.4, 0.5) is 5.69 Å². The molecule has 2 heteroatoms.